The first-order chi connectivity index (χ1) is 9.66. The van der Waals surface area contributed by atoms with E-state index < -0.39 is 0 Å². The fourth-order valence-corrected chi connectivity index (χ4v) is 2.99. The van der Waals surface area contributed by atoms with Crippen LogP contribution in [0, 0.1) is 0 Å². The molecule has 2 fully saturated rings. The van der Waals surface area contributed by atoms with Crippen molar-refractivity contribution in [1.29, 1.82) is 0 Å². The fourth-order valence-electron chi connectivity index (χ4n) is 2.99. The van der Waals surface area contributed by atoms with Crippen molar-refractivity contribution in [3.05, 3.63) is 18.1 Å². The summed E-state index contributed by atoms with van der Waals surface area (Å²) in [6, 6.07) is 0.797. The van der Waals surface area contributed by atoms with Gasteiger partial charge in [-0.25, -0.2) is 9.78 Å². The molecule has 0 aliphatic carbocycles. The van der Waals surface area contributed by atoms with E-state index in [1.807, 2.05) is 6.20 Å². The van der Waals surface area contributed by atoms with E-state index in [-0.39, 0.29) is 6.09 Å². The second-order valence-electron chi connectivity index (χ2n) is 5.56. The topological polar surface area (TPSA) is 58.6 Å². The van der Waals surface area contributed by atoms with E-state index in [4.69, 9.17) is 4.74 Å². The van der Waals surface area contributed by atoms with Gasteiger partial charge in [0.25, 0.3) is 0 Å². The first-order valence-corrected chi connectivity index (χ1v) is 7.19. The van der Waals surface area contributed by atoms with Gasteiger partial charge in [0.05, 0.1) is 30.7 Å². The average Bonchev–Trinajstić information content (AvgIpc) is 3.07. The minimum atomic E-state index is -0.330. The number of anilines is 1. The number of aromatic nitrogens is 2. The number of carbonyl (C=O) groups excluding carboxylic acids is 1. The van der Waals surface area contributed by atoms with Crippen molar-refractivity contribution in [2.24, 2.45) is 0 Å². The smallest absolute Gasteiger partial charge is 0.415 e. The highest BCUT2D eigenvalue weighted by molar-refractivity contribution is 5.87. The summed E-state index contributed by atoms with van der Waals surface area (Å²) in [5, 5.41) is 0. The molecule has 1 atom stereocenters. The maximum atomic E-state index is 11.6. The monoisotopic (exact) mass is 276 g/mol. The van der Waals surface area contributed by atoms with Gasteiger partial charge >= 0.3 is 6.09 Å². The molecule has 6 heteroatoms. The highest BCUT2D eigenvalue weighted by Gasteiger charge is 2.31. The molecule has 0 bridgehead atoms. The van der Waals surface area contributed by atoms with Crippen LogP contribution in [-0.4, -0.2) is 46.7 Å². The molecule has 2 saturated heterocycles. The minimum Gasteiger partial charge on any atom is -0.447 e. The van der Waals surface area contributed by atoms with Crippen molar-refractivity contribution in [1.82, 2.24) is 14.9 Å². The third kappa shape index (κ3) is 2.35. The Morgan fingerprint density at radius 2 is 2.20 bits per heavy atom. The number of hydrogen-bond donors (Lipinski definition) is 0. The van der Waals surface area contributed by atoms with Gasteiger partial charge in [0, 0.05) is 6.04 Å². The predicted molar refractivity (Wildman–Crippen MR) is 74.5 cm³/mol. The van der Waals surface area contributed by atoms with Gasteiger partial charge in [0.1, 0.15) is 6.61 Å². The normalized spacial score (nSPS) is 23.6. The standard InChI is InChI=1S/C14H20N4O2/c1-10(2)17-5-3-4-12(17)11-8-15-9-13(16-11)18-6-7-20-14(18)19/h8-10,12H,3-7H2,1-2H3. The van der Waals surface area contributed by atoms with Gasteiger partial charge in [-0.05, 0) is 33.2 Å². The molecule has 1 aromatic heterocycles. The summed E-state index contributed by atoms with van der Waals surface area (Å²) in [5.74, 6) is 0.598. The number of cyclic esters (lactones) is 1. The van der Waals surface area contributed by atoms with Crippen molar-refractivity contribution >= 4 is 11.9 Å². The summed E-state index contributed by atoms with van der Waals surface area (Å²) in [7, 11) is 0. The molecular weight excluding hydrogens is 256 g/mol. The fraction of sp³-hybridized carbons (Fsp3) is 0.643. The summed E-state index contributed by atoms with van der Waals surface area (Å²) in [6.45, 7) is 6.47. The van der Waals surface area contributed by atoms with Crippen LogP contribution in [0.4, 0.5) is 10.6 Å². The molecular formula is C14H20N4O2. The van der Waals surface area contributed by atoms with Crippen LogP contribution in [0.3, 0.4) is 0 Å². The first kappa shape index (κ1) is 13.3. The average molecular weight is 276 g/mol. The maximum Gasteiger partial charge on any atom is 0.415 e. The minimum absolute atomic E-state index is 0.307. The Labute approximate surface area is 118 Å². The molecule has 20 heavy (non-hydrogen) atoms. The first-order valence-electron chi connectivity index (χ1n) is 7.19. The summed E-state index contributed by atoms with van der Waals surface area (Å²) < 4.78 is 4.95. The molecule has 1 unspecified atom stereocenters. The van der Waals surface area contributed by atoms with E-state index in [9.17, 15) is 4.79 Å². The number of likely N-dealkylation sites (tertiary alicyclic amines) is 1. The van der Waals surface area contributed by atoms with Crippen LogP contribution in [0.1, 0.15) is 38.4 Å². The molecule has 2 aliphatic heterocycles. The Bertz CT molecular complexity index is 506. The van der Waals surface area contributed by atoms with E-state index in [0.717, 1.165) is 18.7 Å². The third-order valence-corrected chi connectivity index (χ3v) is 3.98. The zero-order valence-electron chi connectivity index (χ0n) is 12.0. The van der Waals surface area contributed by atoms with Gasteiger partial charge in [0.15, 0.2) is 5.82 Å². The number of ether oxygens (including phenoxy) is 1. The molecule has 3 rings (SSSR count). The molecule has 3 heterocycles. The van der Waals surface area contributed by atoms with Crippen LogP contribution < -0.4 is 4.90 Å². The molecule has 0 aromatic carbocycles. The number of amides is 1. The van der Waals surface area contributed by atoms with Crippen LogP contribution >= 0.6 is 0 Å². The van der Waals surface area contributed by atoms with Gasteiger partial charge < -0.3 is 4.74 Å². The van der Waals surface area contributed by atoms with Gasteiger partial charge in [-0.15, -0.1) is 0 Å². The van der Waals surface area contributed by atoms with Crippen LogP contribution in [0.5, 0.6) is 0 Å². The van der Waals surface area contributed by atoms with Crippen LogP contribution in [0.25, 0.3) is 0 Å². The third-order valence-electron chi connectivity index (χ3n) is 3.98. The lowest BCUT2D eigenvalue weighted by Crippen LogP contribution is -2.31. The zero-order valence-corrected chi connectivity index (χ0v) is 12.0. The molecule has 2 aliphatic rings. The predicted octanol–water partition coefficient (Wildman–Crippen LogP) is 1.98. The van der Waals surface area contributed by atoms with E-state index in [1.54, 1.807) is 11.1 Å². The molecule has 6 nitrogen and oxygen atoms in total. The number of nitrogens with zero attached hydrogens (tertiary/aromatic N) is 4. The number of carbonyl (C=O) groups is 1. The molecule has 0 radical (unpaired) electrons. The lowest BCUT2D eigenvalue weighted by molar-refractivity contribution is 0.181. The van der Waals surface area contributed by atoms with Crippen molar-refractivity contribution < 1.29 is 9.53 Å². The lowest BCUT2D eigenvalue weighted by Gasteiger charge is -2.28. The van der Waals surface area contributed by atoms with Crippen molar-refractivity contribution in [2.45, 2.75) is 38.8 Å². The Balaban J connectivity index is 1.85. The molecule has 1 amide bonds. The lowest BCUT2D eigenvalue weighted by atomic mass is 10.1. The second-order valence-corrected chi connectivity index (χ2v) is 5.56. The molecule has 1 aromatic rings. The highest BCUT2D eigenvalue weighted by Crippen LogP contribution is 2.32. The van der Waals surface area contributed by atoms with Crippen LogP contribution in [0.15, 0.2) is 12.4 Å². The maximum absolute atomic E-state index is 11.6. The Morgan fingerprint density at radius 3 is 2.90 bits per heavy atom. The SMILES string of the molecule is CC(C)N1CCCC1c1cncc(N2CCOC2=O)n1. The highest BCUT2D eigenvalue weighted by atomic mass is 16.6. The molecule has 0 N–H and O–H groups in total. The molecule has 0 saturated carbocycles. The van der Waals surface area contributed by atoms with Gasteiger partial charge in [-0.3, -0.25) is 14.8 Å². The summed E-state index contributed by atoms with van der Waals surface area (Å²) in [4.78, 5) is 24.5. The summed E-state index contributed by atoms with van der Waals surface area (Å²) in [6.07, 6.45) is 5.39. The Hall–Kier alpha value is -1.69. The van der Waals surface area contributed by atoms with E-state index >= 15 is 0 Å². The van der Waals surface area contributed by atoms with E-state index in [0.29, 0.717) is 31.1 Å². The van der Waals surface area contributed by atoms with Gasteiger partial charge in [-0.2, -0.15) is 0 Å². The van der Waals surface area contributed by atoms with Crippen LogP contribution in [-0.2, 0) is 4.74 Å². The number of rotatable bonds is 3. The second kappa shape index (κ2) is 5.36. The summed E-state index contributed by atoms with van der Waals surface area (Å²) >= 11 is 0. The van der Waals surface area contributed by atoms with Crippen molar-refractivity contribution in [3.8, 4) is 0 Å². The Morgan fingerprint density at radius 1 is 1.35 bits per heavy atom. The van der Waals surface area contributed by atoms with Gasteiger partial charge in [0.2, 0.25) is 0 Å². The number of hydrogen-bond acceptors (Lipinski definition) is 5. The largest absolute Gasteiger partial charge is 0.447 e. The molecule has 0 spiro atoms. The quantitative estimate of drug-likeness (QED) is 0.845. The van der Waals surface area contributed by atoms with E-state index in [2.05, 4.69) is 28.7 Å². The van der Waals surface area contributed by atoms with Crippen molar-refractivity contribution in [2.75, 3.05) is 24.6 Å². The Kier molecular flexibility index (Phi) is 3.56. The van der Waals surface area contributed by atoms with E-state index in [1.165, 1.54) is 6.42 Å². The van der Waals surface area contributed by atoms with Gasteiger partial charge in [-0.1, -0.05) is 0 Å². The van der Waals surface area contributed by atoms with Crippen molar-refractivity contribution in [3.63, 3.8) is 0 Å². The summed E-state index contributed by atoms with van der Waals surface area (Å²) in [5.41, 5.74) is 0.952. The zero-order chi connectivity index (χ0) is 14.1. The molecule has 108 valence electrons. The van der Waals surface area contributed by atoms with Crippen LogP contribution in [0.2, 0.25) is 0 Å².